The third-order valence-electron chi connectivity index (χ3n) is 3.04. The topological polar surface area (TPSA) is 64.4 Å². The summed E-state index contributed by atoms with van der Waals surface area (Å²) in [5.74, 6) is -0.494. The van der Waals surface area contributed by atoms with Crippen LogP contribution in [0.3, 0.4) is 0 Å². The monoisotopic (exact) mass is 292 g/mol. The lowest BCUT2D eigenvalue weighted by Crippen LogP contribution is -2.19. The summed E-state index contributed by atoms with van der Waals surface area (Å²) in [6.45, 7) is 0. The predicted molar refractivity (Wildman–Crippen MR) is 73.5 cm³/mol. The number of amides is 1. The quantitative estimate of drug-likeness (QED) is 0.893. The van der Waals surface area contributed by atoms with E-state index in [9.17, 15) is 9.18 Å². The Kier molecular flexibility index (Phi) is 3.08. The number of hydrogen-bond acceptors (Lipinski definition) is 3. The molecule has 0 aromatic heterocycles. The third-order valence-corrected chi connectivity index (χ3v) is 3.34. The van der Waals surface area contributed by atoms with Crippen molar-refractivity contribution in [3.63, 3.8) is 0 Å². The summed E-state index contributed by atoms with van der Waals surface area (Å²) < 4.78 is 19.2. The van der Waals surface area contributed by atoms with E-state index in [1.54, 1.807) is 24.3 Å². The molecule has 2 aromatic carbocycles. The fourth-order valence-electron chi connectivity index (χ4n) is 2.02. The van der Waals surface area contributed by atoms with Crippen LogP contribution < -0.4 is 15.8 Å². The summed E-state index contributed by atoms with van der Waals surface area (Å²) in [6, 6.07) is 8.72. The van der Waals surface area contributed by atoms with Crippen LogP contribution in [-0.2, 0) is 4.79 Å². The number of benzene rings is 2. The summed E-state index contributed by atoms with van der Waals surface area (Å²) in [6.07, 6.45) is 0. The molecule has 0 radical (unpaired) electrons. The summed E-state index contributed by atoms with van der Waals surface area (Å²) >= 11 is 5.68. The maximum Gasteiger partial charge on any atom is 0.245 e. The van der Waals surface area contributed by atoms with Crippen LogP contribution in [0.2, 0.25) is 5.02 Å². The molecule has 102 valence electrons. The summed E-state index contributed by atoms with van der Waals surface area (Å²) in [7, 11) is 0. The predicted octanol–water partition coefficient (Wildman–Crippen LogP) is 3.22. The number of carbonyl (C=O) groups excluding carboxylic acids is 1. The largest absolute Gasteiger partial charge is 0.454 e. The maximum atomic E-state index is 13.7. The van der Waals surface area contributed by atoms with Gasteiger partial charge in [0.15, 0.2) is 11.6 Å². The molecule has 0 bridgehead atoms. The second-order valence-electron chi connectivity index (χ2n) is 4.37. The van der Waals surface area contributed by atoms with Crippen molar-refractivity contribution in [3.05, 3.63) is 52.8 Å². The molecule has 0 aliphatic carbocycles. The highest BCUT2D eigenvalue weighted by Gasteiger charge is 2.27. The zero-order valence-corrected chi connectivity index (χ0v) is 10.9. The number of nitrogens with two attached hydrogens (primary N) is 1. The lowest BCUT2D eigenvalue weighted by atomic mass is 10.1. The average molecular weight is 293 g/mol. The number of fused-ring (bicyclic) bond motifs is 1. The highest BCUT2D eigenvalue weighted by Crippen LogP contribution is 2.35. The number of anilines is 1. The molecule has 1 atom stereocenters. The van der Waals surface area contributed by atoms with Crippen LogP contribution in [0.15, 0.2) is 36.4 Å². The first-order valence-electron chi connectivity index (χ1n) is 5.88. The first kappa shape index (κ1) is 12.9. The minimum atomic E-state index is -0.679. The van der Waals surface area contributed by atoms with Crippen LogP contribution in [0.25, 0.3) is 0 Å². The molecule has 1 aliphatic rings. The van der Waals surface area contributed by atoms with Gasteiger partial charge in [-0.2, -0.15) is 0 Å². The van der Waals surface area contributed by atoms with Gasteiger partial charge in [-0.05, 0) is 18.2 Å². The van der Waals surface area contributed by atoms with Crippen molar-refractivity contribution in [3.8, 4) is 11.5 Å². The van der Waals surface area contributed by atoms with Gasteiger partial charge < -0.3 is 15.8 Å². The molecule has 6 heteroatoms. The van der Waals surface area contributed by atoms with Crippen LogP contribution in [0.5, 0.6) is 11.5 Å². The van der Waals surface area contributed by atoms with E-state index in [0.29, 0.717) is 17.0 Å². The van der Waals surface area contributed by atoms with Gasteiger partial charge in [0.1, 0.15) is 11.8 Å². The average Bonchev–Trinajstić information content (AvgIpc) is 2.70. The van der Waals surface area contributed by atoms with Crippen LogP contribution in [0.1, 0.15) is 11.6 Å². The van der Waals surface area contributed by atoms with Crippen molar-refractivity contribution in [2.45, 2.75) is 6.04 Å². The second-order valence-corrected chi connectivity index (χ2v) is 4.78. The van der Waals surface area contributed by atoms with Gasteiger partial charge >= 0.3 is 0 Å². The summed E-state index contributed by atoms with van der Waals surface area (Å²) in [5, 5.41) is 2.62. The lowest BCUT2D eigenvalue weighted by Gasteiger charge is -2.09. The number of rotatable bonds is 2. The van der Waals surface area contributed by atoms with E-state index in [2.05, 4.69) is 5.32 Å². The van der Waals surface area contributed by atoms with E-state index < -0.39 is 11.9 Å². The van der Waals surface area contributed by atoms with E-state index in [1.807, 2.05) is 0 Å². The molecule has 0 saturated carbocycles. The van der Waals surface area contributed by atoms with Gasteiger partial charge in [0.05, 0.1) is 5.02 Å². The first-order chi connectivity index (χ1) is 9.56. The molecule has 4 nitrogen and oxygen atoms in total. The van der Waals surface area contributed by atoms with Gasteiger partial charge in [-0.1, -0.05) is 23.7 Å². The molecule has 1 heterocycles. The summed E-state index contributed by atoms with van der Waals surface area (Å²) in [4.78, 5) is 11.4. The number of hydrogen-bond donors (Lipinski definition) is 2. The van der Waals surface area contributed by atoms with Gasteiger partial charge in [-0.3, -0.25) is 4.79 Å². The SMILES string of the molecule is NC1C(=O)Nc2cc(Oc3cccc(Cl)c3F)ccc21. The Bertz CT molecular complexity index is 706. The Morgan fingerprint density at radius 2 is 2.10 bits per heavy atom. The van der Waals surface area contributed by atoms with E-state index in [1.165, 1.54) is 12.1 Å². The van der Waals surface area contributed by atoms with Crippen molar-refractivity contribution in [1.29, 1.82) is 0 Å². The zero-order valence-electron chi connectivity index (χ0n) is 10.2. The van der Waals surface area contributed by atoms with E-state index in [-0.39, 0.29) is 16.7 Å². The van der Waals surface area contributed by atoms with Gasteiger partial charge in [-0.25, -0.2) is 4.39 Å². The van der Waals surface area contributed by atoms with Crippen molar-refractivity contribution in [2.75, 3.05) is 5.32 Å². The zero-order chi connectivity index (χ0) is 14.3. The highest BCUT2D eigenvalue weighted by atomic mass is 35.5. The number of halogens is 2. The van der Waals surface area contributed by atoms with Crippen LogP contribution in [0, 0.1) is 5.82 Å². The maximum absolute atomic E-state index is 13.7. The lowest BCUT2D eigenvalue weighted by molar-refractivity contribution is -0.116. The number of carbonyl (C=O) groups is 1. The van der Waals surface area contributed by atoms with Crippen molar-refractivity contribution in [2.24, 2.45) is 5.73 Å². The van der Waals surface area contributed by atoms with E-state index in [0.717, 1.165) is 0 Å². The van der Waals surface area contributed by atoms with Gasteiger partial charge in [0.2, 0.25) is 5.91 Å². The van der Waals surface area contributed by atoms with Crippen LogP contribution >= 0.6 is 11.6 Å². The fraction of sp³-hybridized carbons (Fsp3) is 0.0714. The molecule has 3 N–H and O–H groups in total. The smallest absolute Gasteiger partial charge is 0.245 e. The van der Waals surface area contributed by atoms with Gasteiger partial charge in [0, 0.05) is 17.3 Å². The molecule has 0 spiro atoms. The van der Waals surface area contributed by atoms with Crippen molar-refractivity contribution < 1.29 is 13.9 Å². The van der Waals surface area contributed by atoms with Crippen molar-refractivity contribution in [1.82, 2.24) is 0 Å². The second kappa shape index (κ2) is 4.77. The van der Waals surface area contributed by atoms with E-state index in [4.69, 9.17) is 22.1 Å². The molecule has 20 heavy (non-hydrogen) atoms. The molecule has 0 fully saturated rings. The minimum absolute atomic E-state index is 0.0148. The highest BCUT2D eigenvalue weighted by molar-refractivity contribution is 6.30. The summed E-state index contributed by atoms with van der Waals surface area (Å²) in [5.41, 5.74) is 6.97. The Hall–Kier alpha value is -2.11. The number of nitrogens with one attached hydrogen (secondary N) is 1. The molecular weight excluding hydrogens is 283 g/mol. The van der Waals surface area contributed by atoms with Crippen molar-refractivity contribution >= 4 is 23.2 Å². The molecule has 2 aromatic rings. The van der Waals surface area contributed by atoms with Crippen LogP contribution in [0.4, 0.5) is 10.1 Å². The molecule has 1 unspecified atom stereocenters. The Labute approximate surface area is 119 Å². The minimum Gasteiger partial charge on any atom is -0.454 e. The Morgan fingerprint density at radius 3 is 2.90 bits per heavy atom. The van der Waals surface area contributed by atoms with Gasteiger partial charge in [0.25, 0.3) is 0 Å². The van der Waals surface area contributed by atoms with Gasteiger partial charge in [-0.15, -0.1) is 0 Å². The first-order valence-corrected chi connectivity index (χ1v) is 6.26. The Morgan fingerprint density at radius 1 is 1.30 bits per heavy atom. The number of ether oxygens (including phenoxy) is 1. The third kappa shape index (κ3) is 2.11. The fourth-order valence-corrected chi connectivity index (χ4v) is 2.19. The molecule has 1 aliphatic heterocycles. The van der Waals surface area contributed by atoms with Crippen LogP contribution in [-0.4, -0.2) is 5.91 Å². The Balaban J connectivity index is 1.92. The normalized spacial score (nSPS) is 16.8. The standard InChI is InChI=1S/C14H10ClFN2O2/c15-9-2-1-3-11(12(9)16)20-7-4-5-8-10(6-7)18-14(19)13(8)17/h1-6,13H,17H2,(H,18,19). The molecule has 0 saturated heterocycles. The molecule has 3 rings (SSSR count). The van der Waals surface area contributed by atoms with E-state index >= 15 is 0 Å². The molecular formula is C14H10ClFN2O2. The molecule has 1 amide bonds.